The maximum atomic E-state index is 13.5. The molecule has 0 radical (unpaired) electrons. The van der Waals surface area contributed by atoms with Crippen LogP contribution in [0, 0.1) is 11.7 Å². The van der Waals surface area contributed by atoms with Crippen LogP contribution < -0.4 is 10.6 Å². The van der Waals surface area contributed by atoms with Gasteiger partial charge in [-0.1, -0.05) is 31.9 Å². The fraction of sp³-hybridized carbons (Fsp3) is 0.474. The number of carbonyl (C=O) groups is 4. The van der Waals surface area contributed by atoms with E-state index in [1.807, 2.05) is 6.92 Å². The second-order valence-electron chi connectivity index (χ2n) is 7.13. The summed E-state index contributed by atoms with van der Waals surface area (Å²) < 4.78 is 18.3. The Kier molecular flexibility index (Phi) is 5.62. The van der Waals surface area contributed by atoms with Crippen LogP contribution in [0.2, 0.25) is 0 Å². The number of imide groups is 1. The topological polar surface area (TPSA) is 105 Å². The number of anilines is 1. The maximum absolute atomic E-state index is 13.5. The molecule has 2 atom stereocenters. The summed E-state index contributed by atoms with van der Waals surface area (Å²) >= 11 is 0. The molecule has 0 bridgehead atoms. The summed E-state index contributed by atoms with van der Waals surface area (Å²) in [5.74, 6) is -2.70. The normalized spacial score (nSPS) is 24.2. The fourth-order valence-electron chi connectivity index (χ4n) is 3.71. The van der Waals surface area contributed by atoms with Crippen molar-refractivity contribution >= 4 is 29.5 Å². The molecule has 2 N–H and O–H groups in total. The molecule has 9 heteroatoms. The van der Waals surface area contributed by atoms with Gasteiger partial charge in [-0.25, -0.2) is 9.18 Å². The van der Waals surface area contributed by atoms with Gasteiger partial charge < -0.3 is 15.4 Å². The highest BCUT2D eigenvalue weighted by Crippen LogP contribution is 2.38. The second-order valence-corrected chi connectivity index (χ2v) is 7.13. The summed E-state index contributed by atoms with van der Waals surface area (Å²) in [5.41, 5.74) is -0.997. The van der Waals surface area contributed by atoms with Gasteiger partial charge in [0, 0.05) is 0 Å². The number of carbonyl (C=O) groups excluding carboxylic acids is 4. The van der Waals surface area contributed by atoms with Gasteiger partial charge in [0.25, 0.3) is 11.8 Å². The number of nitrogens with one attached hydrogen (secondary N) is 2. The SMILES string of the molecule is C[C@H]1CCCC[C@@]12NC(=O)N(CC(=O)OCC(=O)Nc1ccccc1F)C2=O. The van der Waals surface area contributed by atoms with Gasteiger partial charge >= 0.3 is 12.0 Å². The van der Waals surface area contributed by atoms with Crippen molar-refractivity contribution in [3.63, 3.8) is 0 Å². The first-order valence-electron chi connectivity index (χ1n) is 9.17. The number of hydrogen-bond donors (Lipinski definition) is 2. The van der Waals surface area contributed by atoms with E-state index in [2.05, 4.69) is 10.6 Å². The number of halogens is 1. The summed E-state index contributed by atoms with van der Waals surface area (Å²) in [6, 6.07) is 4.94. The van der Waals surface area contributed by atoms with Crippen molar-refractivity contribution < 1.29 is 28.3 Å². The minimum absolute atomic E-state index is 0.0229. The number of hydrogen-bond acceptors (Lipinski definition) is 5. The molecule has 1 aliphatic heterocycles. The van der Waals surface area contributed by atoms with E-state index in [0.29, 0.717) is 6.42 Å². The lowest BCUT2D eigenvalue weighted by Crippen LogP contribution is -2.54. The average Bonchev–Trinajstić information content (AvgIpc) is 2.89. The number of para-hydroxylation sites is 1. The molecule has 1 aromatic rings. The molecule has 1 saturated carbocycles. The predicted molar refractivity (Wildman–Crippen MR) is 96.6 cm³/mol. The van der Waals surface area contributed by atoms with Crippen molar-refractivity contribution in [3.05, 3.63) is 30.1 Å². The van der Waals surface area contributed by atoms with Gasteiger partial charge in [-0.15, -0.1) is 0 Å². The Morgan fingerprint density at radius 3 is 2.79 bits per heavy atom. The van der Waals surface area contributed by atoms with Gasteiger partial charge in [0.1, 0.15) is 17.9 Å². The largest absolute Gasteiger partial charge is 0.454 e. The number of nitrogens with zero attached hydrogens (tertiary/aromatic N) is 1. The molecule has 2 fully saturated rings. The molecule has 3 rings (SSSR count). The maximum Gasteiger partial charge on any atom is 0.326 e. The van der Waals surface area contributed by atoms with Crippen LogP contribution >= 0.6 is 0 Å². The van der Waals surface area contributed by atoms with E-state index in [-0.39, 0.29) is 11.6 Å². The third-order valence-electron chi connectivity index (χ3n) is 5.30. The van der Waals surface area contributed by atoms with Crippen LogP contribution in [-0.4, -0.2) is 47.4 Å². The van der Waals surface area contributed by atoms with Gasteiger partial charge in [0.15, 0.2) is 6.61 Å². The van der Waals surface area contributed by atoms with Gasteiger partial charge in [-0.2, -0.15) is 0 Å². The van der Waals surface area contributed by atoms with Crippen LogP contribution in [0.3, 0.4) is 0 Å². The molecule has 28 heavy (non-hydrogen) atoms. The minimum atomic E-state index is -0.960. The van der Waals surface area contributed by atoms with E-state index < -0.39 is 48.3 Å². The van der Waals surface area contributed by atoms with Gasteiger partial charge in [0.05, 0.1) is 5.69 Å². The summed E-state index contributed by atoms with van der Waals surface area (Å²) in [4.78, 5) is 49.6. The number of urea groups is 1. The summed E-state index contributed by atoms with van der Waals surface area (Å²) in [6.07, 6.45) is 3.17. The molecule has 1 aromatic carbocycles. The quantitative estimate of drug-likeness (QED) is 0.588. The minimum Gasteiger partial charge on any atom is -0.454 e. The predicted octanol–water partition coefficient (Wildman–Crippen LogP) is 1.81. The highest BCUT2D eigenvalue weighted by atomic mass is 19.1. The first-order valence-corrected chi connectivity index (χ1v) is 9.17. The molecule has 2 aliphatic rings. The average molecular weight is 391 g/mol. The van der Waals surface area contributed by atoms with Crippen LogP contribution in [0.1, 0.15) is 32.6 Å². The Balaban J connectivity index is 1.53. The summed E-state index contributed by atoms with van der Waals surface area (Å²) in [6.45, 7) is 0.677. The molecular weight excluding hydrogens is 369 g/mol. The Labute approximate surface area is 161 Å². The molecule has 1 heterocycles. The lowest BCUT2D eigenvalue weighted by atomic mass is 9.73. The second kappa shape index (κ2) is 7.95. The van der Waals surface area contributed by atoms with Gasteiger partial charge in [-0.05, 0) is 30.9 Å². The zero-order chi connectivity index (χ0) is 20.3. The summed E-state index contributed by atoms with van der Waals surface area (Å²) in [5, 5.41) is 5.01. The molecule has 4 amide bonds. The van der Waals surface area contributed by atoms with E-state index in [1.165, 1.54) is 18.2 Å². The van der Waals surface area contributed by atoms with Crippen molar-refractivity contribution in [3.8, 4) is 0 Å². The third-order valence-corrected chi connectivity index (χ3v) is 5.30. The highest BCUT2D eigenvalue weighted by Gasteiger charge is 2.55. The Bertz CT molecular complexity index is 815. The molecular formula is C19H22FN3O5. The molecule has 0 aromatic heterocycles. The highest BCUT2D eigenvalue weighted by molar-refractivity contribution is 6.09. The van der Waals surface area contributed by atoms with Crippen molar-refractivity contribution in [1.29, 1.82) is 0 Å². The molecule has 0 unspecified atom stereocenters. The molecule has 8 nitrogen and oxygen atoms in total. The molecule has 1 saturated heterocycles. The van der Waals surface area contributed by atoms with E-state index in [1.54, 1.807) is 6.07 Å². The monoisotopic (exact) mass is 391 g/mol. The van der Waals surface area contributed by atoms with Crippen LogP contribution in [0.25, 0.3) is 0 Å². The van der Waals surface area contributed by atoms with Crippen molar-refractivity contribution in [2.45, 2.75) is 38.1 Å². The van der Waals surface area contributed by atoms with E-state index in [9.17, 15) is 23.6 Å². The number of benzene rings is 1. The summed E-state index contributed by atoms with van der Waals surface area (Å²) in [7, 11) is 0. The first kappa shape index (κ1) is 19.8. The Morgan fingerprint density at radius 1 is 1.32 bits per heavy atom. The van der Waals surface area contributed by atoms with Crippen LogP contribution in [0.5, 0.6) is 0 Å². The van der Waals surface area contributed by atoms with E-state index >= 15 is 0 Å². The van der Waals surface area contributed by atoms with E-state index in [4.69, 9.17) is 4.74 Å². The zero-order valence-corrected chi connectivity index (χ0v) is 15.5. The number of esters is 1. The fourth-order valence-corrected chi connectivity index (χ4v) is 3.71. The number of amides is 4. The Morgan fingerprint density at radius 2 is 2.07 bits per heavy atom. The molecule has 1 aliphatic carbocycles. The number of ether oxygens (including phenoxy) is 1. The number of rotatable bonds is 5. The third kappa shape index (κ3) is 3.83. The standard InChI is InChI=1S/C19H22FN3O5/c1-12-6-4-5-9-19(12)17(26)23(18(27)22-19)10-16(25)28-11-15(24)21-14-8-3-2-7-13(14)20/h2-3,7-8,12H,4-6,9-11H2,1H3,(H,21,24)(H,22,27)/t12-,19+/m0/s1. The molecule has 1 spiro atoms. The zero-order valence-electron chi connectivity index (χ0n) is 15.5. The van der Waals surface area contributed by atoms with Crippen LogP contribution in [-0.2, 0) is 19.1 Å². The van der Waals surface area contributed by atoms with Gasteiger partial charge in [-0.3, -0.25) is 19.3 Å². The first-order chi connectivity index (χ1) is 13.3. The van der Waals surface area contributed by atoms with Crippen LogP contribution in [0.15, 0.2) is 24.3 Å². The van der Waals surface area contributed by atoms with Crippen molar-refractivity contribution in [2.75, 3.05) is 18.5 Å². The Hall–Kier alpha value is -2.97. The lowest BCUT2D eigenvalue weighted by Gasteiger charge is -2.36. The smallest absolute Gasteiger partial charge is 0.326 e. The van der Waals surface area contributed by atoms with Gasteiger partial charge in [0.2, 0.25) is 0 Å². The van der Waals surface area contributed by atoms with E-state index in [0.717, 1.165) is 24.2 Å². The lowest BCUT2D eigenvalue weighted by molar-refractivity contribution is -0.150. The van der Waals surface area contributed by atoms with Crippen LogP contribution in [0.4, 0.5) is 14.9 Å². The van der Waals surface area contributed by atoms with Crippen molar-refractivity contribution in [2.24, 2.45) is 5.92 Å². The van der Waals surface area contributed by atoms with Crippen molar-refractivity contribution in [1.82, 2.24) is 10.2 Å². The molecule has 150 valence electrons.